The van der Waals surface area contributed by atoms with E-state index >= 15 is 0 Å². The highest BCUT2D eigenvalue weighted by Crippen LogP contribution is 2.42. The zero-order chi connectivity index (χ0) is 17.3. The molecule has 1 heterocycles. The molecule has 0 aliphatic carbocycles. The van der Waals surface area contributed by atoms with Crippen molar-refractivity contribution in [2.75, 3.05) is 10.8 Å². The SMILES string of the molecule is Cc1ccc2c(c1)C(CCC(=O)O)CN2S(=O)(=O)c1ccccc1. The topological polar surface area (TPSA) is 74.7 Å². The van der Waals surface area contributed by atoms with Gasteiger partial charge in [0, 0.05) is 18.9 Å². The van der Waals surface area contributed by atoms with E-state index in [1.165, 1.54) is 4.31 Å². The molecule has 6 heteroatoms. The Morgan fingerprint density at radius 3 is 2.58 bits per heavy atom. The van der Waals surface area contributed by atoms with Crippen LogP contribution in [0, 0.1) is 6.92 Å². The summed E-state index contributed by atoms with van der Waals surface area (Å²) in [6.45, 7) is 2.23. The zero-order valence-electron chi connectivity index (χ0n) is 13.3. The lowest BCUT2D eigenvalue weighted by molar-refractivity contribution is -0.137. The van der Waals surface area contributed by atoms with Crippen LogP contribution in [-0.4, -0.2) is 26.0 Å². The number of carboxylic acids is 1. The predicted octanol–water partition coefficient (Wildman–Crippen LogP) is 3.15. The van der Waals surface area contributed by atoms with Crippen molar-refractivity contribution < 1.29 is 18.3 Å². The minimum atomic E-state index is -3.65. The molecule has 0 bridgehead atoms. The van der Waals surface area contributed by atoms with Gasteiger partial charge in [-0.1, -0.05) is 35.9 Å². The van der Waals surface area contributed by atoms with Gasteiger partial charge in [0.15, 0.2) is 0 Å². The molecule has 1 N–H and O–H groups in total. The van der Waals surface area contributed by atoms with Crippen molar-refractivity contribution in [2.24, 2.45) is 0 Å². The number of carboxylic acid groups (broad SMARTS) is 1. The van der Waals surface area contributed by atoms with Crippen molar-refractivity contribution in [1.82, 2.24) is 0 Å². The first-order valence-corrected chi connectivity index (χ1v) is 9.24. The van der Waals surface area contributed by atoms with E-state index in [9.17, 15) is 13.2 Å². The Hall–Kier alpha value is -2.34. The molecule has 1 aliphatic rings. The Morgan fingerprint density at radius 1 is 1.21 bits per heavy atom. The first-order chi connectivity index (χ1) is 11.4. The molecule has 2 aromatic carbocycles. The number of carbonyl (C=O) groups is 1. The molecule has 0 saturated heterocycles. The molecule has 0 amide bonds. The molecule has 0 radical (unpaired) electrons. The van der Waals surface area contributed by atoms with Crippen LogP contribution in [0.3, 0.4) is 0 Å². The van der Waals surface area contributed by atoms with Gasteiger partial charge in [-0.3, -0.25) is 9.10 Å². The third-order valence-electron chi connectivity index (χ3n) is 4.32. The molecule has 3 rings (SSSR count). The van der Waals surface area contributed by atoms with Gasteiger partial charge in [0.05, 0.1) is 10.6 Å². The van der Waals surface area contributed by atoms with Gasteiger partial charge in [-0.2, -0.15) is 0 Å². The summed E-state index contributed by atoms with van der Waals surface area (Å²) in [5.74, 6) is -0.969. The van der Waals surface area contributed by atoms with Gasteiger partial charge in [-0.25, -0.2) is 8.42 Å². The summed E-state index contributed by atoms with van der Waals surface area (Å²) in [4.78, 5) is 11.1. The van der Waals surface area contributed by atoms with Gasteiger partial charge in [0.1, 0.15) is 0 Å². The van der Waals surface area contributed by atoms with E-state index in [-0.39, 0.29) is 23.8 Å². The molecule has 1 aliphatic heterocycles. The Morgan fingerprint density at radius 2 is 1.92 bits per heavy atom. The third kappa shape index (κ3) is 3.01. The first-order valence-electron chi connectivity index (χ1n) is 7.80. The van der Waals surface area contributed by atoms with E-state index < -0.39 is 16.0 Å². The van der Waals surface area contributed by atoms with Gasteiger partial charge in [-0.15, -0.1) is 0 Å². The second-order valence-electron chi connectivity index (χ2n) is 6.04. The molecule has 126 valence electrons. The Labute approximate surface area is 141 Å². The molecule has 24 heavy (non-hydrogen) atoms. The van der Waals surface area contributed by atoms with Crippen molar-refractivity contribution in [3.05, 3.63) is 59.7 Å². The van der Waals surface area contributed by atoms with Crippen LogP contribution in [0.15, 0.2) is 53.4 Å². The summed E-state index contributed by atoms with van der Waals surface area (Å²) in [6, 6.07) is 14.0. The quantitative estimate of drug-likeness (QED) is 0.903. The molecule has 0 saturated carbocycles. The van der Waals surface area contributed by atoms with Crippen molar-refractivity contribution in [2.45, 2.75) is 30.6 Å². The molecular weight excluding hydrogens is 326 g/mol. The summed E-state index contributed by atoms with van der Waals surface area (Å²) in [6.07, 6.45) is 0.448. The third-order valence-corrected chi connectivity index (χ3v) is 6.11. The van der Waals surface area contributed by atoms with Crippen LogP contribution >= 0.6 is 0 Å². The zero-order valence-corrected chi connectivity index (χ0v) is 14.2. The lowest BCUT2D eigenvalue weighted by atomic mass is 9.95. The fourth-order valence-electron chi connectivity index (χ4n) is 3.12. The predicted molar refractivity (Wildman–Crippen MR) is 91.8 cm³/mol. The molecule has 0 fully saturated rings. The highest BCUT2D eigenvalue weighted by molar-refractivity contribution is 7.92. The highest BCUT2D eigenvalue weighted by Gasteiger charge is 2.36. The summed E-state index contributed by atoms with van der Waals surface area (Å²) in [5, 5.41) is 8.95. The van der Waals surface area contributed by atoms with Gasteiger partial charge in [-0.05, 0) is 37.1 Å². The van der Waals surface area contributed by atoms with E-state index in [1.54, 1.807) is 30.3 Å². The number of benzene rings is 2. The van der Waals surface area contributed by atoms with Crippen LogP contribution in [0.25, 0.3) is 0 Å². The number of hydrogen-bond donors (Lipinski definition) is 1. The number of hydrogen-bond acceptors (Lipinski definition) is 3. The van der Waals surface area contributed by atoms with Gasteiger partial charge in [0.2, 0.25) is 0 Å². The van der Waals surface area contributed by atoms with Gasteiger partial charge >= 0.3 is 5.97 Å². The Bertz CT molecular complexity index is 862. The second-order valence-corrected chi connectivity index (χ2v) is 7.90. The average Bonchev–Trinajstić information content (AvgIpc) is 2.92. The first kappa shape index (κ1) is 16.5. The molecule has 1 atom stereocenters. The van der Waals surface area contributed by atoms with E-state index in [1.807, 2.05) is 25.1 Å². The molecule has 0 spiro atoms. The number of fused-ring (bicyclic) bond motifs is 1. The number of aliphatic carboxylic acids is 1. The lowest BCUT2D eigenvalue weighted by Crippen LogP contribution is -2.30. The maximum atomic E-state index is 13.0. The van der Waals surface area contributed by atoms with E-state index in [0.29, 0.717) is 12.1 Å². The number of nitrogens with zero attached hydrogens (tertiary/aromatic N) is 1. The minimum absolute atomic E-state index is 0.0251. The number of sulfonamides is 1. The van der Waals surface area contributed by atoms with E-state index in [4.69, 9.17) is 5.11 Å². The number of aryl methyl sites for hydroxylation is 1. The number of rotatable bonds is 5. The molecule has 1 unspecified atom stereocenters. The maximum absolute atomic E-state index is 13.0. The lowest BCUT2D eigenvalue weighted by Gasteiger charge is -2.20. The van der Waals surface area contributed by atoms with Crippen LogP contribution in [0.4, 0.5) is 5.69 Å². The molecule has 5 nitrogen and oxygen atoms in total. The van der Waals surface area contributed by atoms with Crippen LogP contribution in [-0.2, 0) is 14.8 Å². The monoisotopic (exact) mass is 345 g/mol. The fourth-order valence-corrected chi connectivity index (χ4v) is 4.67. The Balaban J connectivity index is 2.01. The van der Waals surface area contributed by atoms with Gasteiger partial charge in [0.25, 0.3) is 10.0 Å². The van der Waals surface area contributed by atoms with Crippen molar-refractivity contribution in [3.63, 3.8) is 0 Å². The Kier molecular flexibility index (Phi) is 4.32. The van der Waals surface area contributed by atoms with Crippen molar-refractivity contribution >= 4 is 21.7 Å². The maximum Gasteiger partial charge on any atom is 0.303 e. The van der Waals surface area contributed by atoms with Crippen molar-refractivity contribution in [1.29, 1.82) is 0 Å². The van der Waals surface area contributed by atoms with Crippen LogP contribution in [0.5, 0.6) is 0 Å². The standard InChI is InChI=1S/C18H19NO4S/c1-13-7-9-17-16(11-13)14(8-10-18(20)21)12-19(17)24(22,23)15-5-3-2-4-6-15/h2-7,9,11,14H,8,10,12H2,1H3,(H,20,21). The highest BCUT2D eigenvalue weighted by atomic mass is 32.2. The largest absolute Gasteiger partial charge is 0.481 e. The average molecular weight is 345 g/mol. The second kappa shape index (κ2) is 6.28. The smallest absolute Gasteiger partial charge is 0.303 e. The summed E-state index contributed by atoms with van der Waals surface area (Å²) in [5.41, 5.74) is 2.60. The molecular formula is C18H19NO4S. The summed E-state index contributed by atoms with van der Waals surface area (Å²) in [7, 11) is -3.65. The van der Waals surface area contributed by atoms with Crippen LogP contribution in [0.1, 0.15) is 29.9 Å². The fraction of sp³-hybridized carbons (Fsp3) is 0.278. The number of anilines is 1. The van der Waals surface area contributed by atoms with Crippen LogP contribution < -0.4 is 4.31 Å². The van der Waals surface area contributed by atoms with Crippen LogP contribution in [0.2, 0.25) is 0 Å². The van der Waals surface area contributed by atoms with E-state index in [0.717, 1.165) is 11.1 Å². The van der Waals surface area contributed by atoms with Crippen molar-refractivity contribution in [3.8, 4) is 0 Å². The normalized spacial score (nSPS) is 16.9. The summed E-state index contributed by atoms with van der Waals surface area (Å²) >= 11 is 0. The summed E-state index contributed by atoms with van der Waals surface area (Å²) < 4.78 is 27.4. The van der Waals surface area contributed by atoms with E-state index in [2.05, 4.69) is 0 Å². The minimum Gasteiger partial charge on any atom is -0.481 e. The molecule has 2 aromatic rings. The van der Waals surface area contributed by atoms with Gasteiger partial charge < -0.3 is 5.11 Å². The molecule has 0 aromatic heterocycles.